The van der Waals surface area contributed by atoms with Crippen LogP contribution in [-0.4, -0.2) is 21.1 Å². The Balaban J connectivity index is 1.73. The zero-order valence-corrected chi connectivity index (χ0v) is 13.3. The third-order valence-electron chi connectivity index (χ3n) is 2.98. The lowest BCUT2D eigenvalue weighted by molar-refractivity contribution is 0.146. The van der Waals surface area contributed by atoms with Gasteiger partial charge in [0, 0.05) is 6.54 Å². The minimum atomic E-state index is -3.93. The molecule has 2 aromatic carbocycles. The van der Waals surface area contributed by atoms with Crippen LogP contribution in [0.1, 0.15) is 11.1 Å². The summed E-state index contributed by atoms with van der Waals surface area (Å²) in [5, 5.41) is 0. The van der Waals surface area contributed by atoms with Crippen molar-refractivity contribution < 1.29 is 17.9 Å². The monoisotopic (exact) mass is 334 g/mol. The first-order valence-corrected chi connectivity index (χ1v) is 8.55. The van der Waals surface area contributed by atoms with E-state index in [4.69, 9.17) is 4.74 Å². The Morgan fingerprint density at radius 2 is 1.48 bits per heavy atom. The lowest BCUT2D eigenvalue weighted by atomic mass is 10.2. The molecule has 1 amide bonds. The minimum absolute atomic E-state index is 0.00616. The van der Waals surface area contributed by atoms with Gasteiger partial charge in [-0.15, -0.1) is 0 Å². The van der Waals surface area contributed by atoms with Crippen LogP contribution in [0, 0.1) is 0 Å². The molecule has 2 aromatic rings. The van der Waals surface area contributed by atoms with Crippen LogP contribution in [0.5, 0.6) is 0 Å². The van der Waals surface area contributed by atoms with Crippen LogP contribution in [0.3, 0.4) is 0 Å². The Kier molecular flexibility index (Phi) is 6.13. The van der Waals surface area contributed by atoms with Gasteiger partial charge >= 0.3 is 16.3 Å². The van der Waals surface area contributed by atoms with E-state index in [0.717, 1.165) is 11.1 Å². The van der Waals surface area contributed by atoms with Gasteiger partial charge in [0.15, 0.2) is 0 Å². The van der Waals surface area contributed by atoms with Gasteiger partial charge < -0.3 is 4.74 Å². The third kappa shape index (κ3) is 6.50. The van der Waals surface area contributed by atoms with Gasteiger partial charge in [-0.25, -0.2) is 9.52 Å². The van der Waals surface area contributed by atoms with Crippen LogP contribution < -0.4 is 9.44 Å². The van der Waals surface area contributed by atoms with E-state index in [-0.39, 0.29) is 13.2 Å². The molecule has 0 aliphatic rings. The highest BCUT2D eigenvalue weighted by Gasteiger charge is 2.14. The number of nitrogens with one attached hydrogen (secondary N) is 2. The molecule has 0 aromatic heterocycles. The van der Waals surface area contributed by atoms with Crippen LogP contribution >= 0.6 is 0 Å². The highest BCUT2D eigenvalue weighted by molar-refractivity contribution is 7.88. The summed E-state index contributed by atoms with van der Waals surface area (Å²) < 4.78 is 32.4. The fraction of sp³-hybridized carbons (Fsp3) is 0.188. The minimum Gasteiger partial charge on any atom is -0.444 e. The molecule has 0 unspecified atom stereocenters. The van der Waals surface area contributed by atoms with E-state index in [9.17, 15) is 13.2 Å². The molecule has 0 bridgehead atoms. The van der Waals surface area contributed by atoms with Crippen LogP contribution in [-0.2, 0) is 28.0 Å². The Hall–Kier alpha value is -2.38. The van der Waals surface area contributed by atoms with E-state index in [1.165, 1.54) is 0 Å². The molecule has 0 heterocycles. The van der Waals surface area contributed by atoms with Crippen molar-refractivity contribution in [1.29, 1.82) is 0 Å². The zero-order chi connectivity index (χ0) is 16.5. The van der Waals surface area contributed by atoms with Crippen molar-refractivity contribution in [2.45, 2.75) is 13.0 Å². The van der Waals surface area contributed by atoms with Crippen molar-refractivity contribution in [2.75, 3.05) is 6.54 Å². The molecular weight excluding hydrogens is 316 g/mol. The van der Waals surface area contributed by atoms with E-state index in [2.05, 4.69) is 4.72 Å². The quantitative estimate of drug-likeness (QED) is 0.811. The zero-order valence-electron chi connectivity index (χ0n) is 12.4. The lowest BCUT2D eigenvalue weighted by Crippen LogP contribution is -2.41. The second-order valence-corrected chi connectivity index (χ2v) is 6.30. The number of hydrogen-bond acceptors (Lipinski definition) is 4. The Bertz CT molecular complexity index is 718. The van der Waals surface area contributed by atoms with E-state index in [0.29, 0.717) is 6.42 Å². The standard InChI is InChI=1S/C16H18N2O4S/c19-16(22-13-15-9-5-2-6-10-15)18-23(20,21)17-12-11-14-7-3-1-4-8-14/h1-10,17H,11-13H2,(H,18,19). The van der Waals surface area contributed by atoms with Crippen molar-refractivity contribution >= 4 is 16.3 Å². The second kappa shape index (κ2) is 8.30. The predicted molar refractivity (Wildman–Crippen MR) is 86.8 cm³/mol. The first-order valence-electron chi connectivity index (χ1n) is 7.07. The summed E-state index contributed by atoms with van der Waals surface area (Å²) >= 11 is 0. The summed E-state index contributed by atoms with van der Waals surface area (Å²) in [6.45, 7) is 0.192. The molecule has 0 spiro atoms. The molecular formula is C16H18N2O4S. The van der Waals surface area contributed by atoms with Crippen LogP contribution in [0.2, 0.25) is 0 Å². The van der Waals surface area contributed by atoms with Crippen LogP contribution in [0.4, 0.5) is 4.79 Å². The normalized spacial score (nSPS) is 11.0. The second-order valence-electron chi connectivity index (χ2n) is 4.80. The maximum absolute atomic E-state index is 11.7. The Morgan fingerprint density at radius 3 is 2.09 bits per heavy atom. The van der Waals surface area contributed by atoms with Gasteiger partial charge in [-0.1, -0.05) is 60.7 Å². The number of carbonyl (C=O) groups is 1. The molecule has 0 fully saturated rings. The van der Waals surface area contributed by atoms with Gasteiger partial charge in [0.2, 0.25) is 0 Å². The smallest absolute Gasteiger partial charge is 0.422 e. The van der Waals surface area contributed by atoms with Crippen molar-refractivity contribution in [3.63, 3.8) is 0 Å². The number of benzene rings is 2. The van der Waals surface area contributed by atoms with E-state index in [1.807, 2.05) is 41.1 Å². The summed E-state index contributed by atoms with van der Waals surface area (Å²) in [4.78, 5) is 11.5. The molecule has 2 N–H and O–H groups in total. The molecule has 0 atom stereocenters. The third-order valence-corrected chi connectivity index (χ3v) is 4.00. The van der Waals surface area contributed by atoms with E-state index in [1.54, 1.807) is 24.3 Å². The molecule has 0 saturated heterocycles. The van der Waals surface area contributed by atoms with Gasteiger partial charge in [0.25, 0.3) is 0 Å². The van der Waals surface area contributed by atoms with E-state index >= 15 is 0 Å². The van der Waals surface area contributed by atoms with Gasteiger partial charge in [0.05, 0.1) is 0 Å². The molecule has 0 radical (unpaired) electrons. The highest BCUT2D eigenvalue weighted by atomic mass is 32.2. The average molecular weight is 334 g/mol. The molecule has 2 rings (SSSR count). The molecule has 0 aliphatic heterocycles. The fourth-order valence-electron chi connectivity index (χ4n) is 1.87. The van der Waals surface area contributed by atoms with Gasteiger partial charge in [-0.2, -0.15) is 13.1 Å². The number of rotatable bonds is 7. The van der Waals surface area contributed by atoms with Crippen molar-refractivity contribution in [2.24, 2.45) is 0 Å². The predicted octanol–water partition coefficient (Wildman–Crippen LogP) is 1.99. The van der Waals surface area contributed by atoms with Crippen LogP contribution in [0.25, 0.3) is 0 Å². The van der Waals surface area contributed by atoms with Gasteiger partial charge in [-0.05, 0) is 17.5 Å². The number of carbonyl (C=O) groups excluding carboxylic acids is 1. The summed E-state index contributed by atoms with van der Waals surface area (Å²) in [5.74, 6) is 0. The molecule has 0 saturated carbocycles. The van der Waals surface area contributed by atoms with Crippen LogP contribution in [0.15, 0.2) is 60.7 Å². The lowest BCUT2D eigenvalue weighted by Gasteiger charge is -2.09. The molecule has 6 nitrogen and oxygen atoms in total. The first-order chi connectivity index (χ1) is 11.1. The van der Waals surface area contributed by atoms with Crippen molar-refractivity contribution in [3.05, 3.63) is 71.8 Å². The Morgan fingerprint density at radius 1 is 0.913 bits per heavy atom. The largest absolute Gasteiger partial charge is 0.444 e. The average Bonchev–Trinajstić information content (AvgIpc) is 2.54. The van der Waals surface area contributed by atoms with E-state index < -0.39 is 16.3 Å². The first kappa shape index (κ1) is 17.0. The van der Waals surface area contributed by atoms with Crippen molar-refractivity contribution in [1.82, 2.24) is 9.44 Å². The highest BCUT2D eigenvalue weighted by Crippen LogP contribution is 2.01. The van der Waals surface area contributed by atoms with Crippen molar-refractivity contribution in [3.8, 4) is 0 Å². The molecule has 7 heteroatoms. The summed E-state index contributed by atoms with van der Waals surface area (Å²) in [7, 11) is -3.93. The number of amides is 1. The Labute approximate surface area is 135 Å². The fourth-order valence-corrected chi connectivity index (χ4v) is 2.59. The summed E-state index contributed by atoms with van der Waals surface area (Å²) in [6, 6.07) is 18.4. The van der Waals surface area contributed by atoms with Gasteiger partial charge in [-0.3, -0.25) is 0 Å². The SMILES string of the molecule is O=C(NS(=O)(=O)NCCc1ccccc1)OCc1ccccc1. The maximum atomic E-state index is 11.7. The van der Waals surface area contributed by atoms with Gasteiger partial charge in [0.1, 0.15) is 6.61 Å². The molecule has 122 valence electrons. The molecule has 0 aliphatic carbocycles. The summed E-state index contributed by atoms with van der Waals surface area (Å²) in [5.41, 5.74) is 1.78. The number of hydrogen-bond donors (Lipinski definition) is 2. The molecule has 23 heavy (non-hydrogen) atoms. The summed E-state index contributed by atoms with van der Waals surface area (Å²) in [6.07, 6.45) is -0.484. The number of ether oxygens (including phenoxy) is 1. The maximum Gasteiger partial charge on any atom is 0.422 e. The topological polar surface area (TPSA) is 84.5 Å².